The lowest BCUT2D eigenvalue weighted by Gasteiger charge is -2.03. The van der Waals surface area contributed by atoms with Crippen LogP contribution in [-0.4, -0.2) is 31.9 Å². The van der Waals surface area contributed by atoms with Crippen molar-refractivity contribution < 1.29 is 5.11 Å². The Hall–Kier alpha value is -1.95. The number of tetrazole rings is 1. The van der Waals surface area contributed by atoms with Crippen molar-refractivity contribution in [3.63, 3.8) is 0 Å². The third-order valence-electron chi connectivity index (χ3n) is 2.21. The summed E-state index contributed by atoms with van der Waals surface area (Å²) in [5.74, 6) is 0.843. The van der Waals surface area contributed by atoms with Crippen molar-refractivity contribution in [2.75, 3.05) is 6.54 Å². The highest BCUT2D eigenvalue weighted by Crippen LogP contribution is 2.20. The molecule has 0 aliphatic rings. The van der Waals surface area contributed by atoms with Crippen LogP contribution >= 0.6 is 0 Å². The van der Waals surface area contributed by atoms with Gasteiger partial charge in [-0.2, -0.15) is 0 Å². The summed E-state index contributed by atoms with van der Waals surface area (Å²) in [7, 11) is 0. The van der Waals surface area contributed by atoms with Crippen LogP contribution in [0.15, 0.2) is 24.3 Å². The monoisotopic (exact) mass is 219 g/mol. The Kier molecular flexibility index (Phi) is 3.11. The molecule has 0 atom stereocenters. The first-order chi connectivity index (χ1) is 7.81. The van der Waals surface area contributed by atoms with Gasteiger partial charge in [0.1, 0.15) is 5.75 Å². The van der Waals surface area contributed by atoms with Gasteiger partial charge in [0.2, 0.25) is 0 Å². The molecular weight excluding hydrogens is 206 g/mol. The number of nitrogens with zero attached hydrogens (tertiary/aromatic N) is 4. The number of nitrogens with two attached hydrogens (primary N) is 1. The number of hydrogen-bond donors (Lipinski definition) is 2. The molecule has 6 heteroatoms. The van der Waals surface area contributed by atoms with Crippen molar-refractivity contribution in [3.05, 3.63) is 24.3 Å². The smallest absolute Gasteiger partial charge is 0.182 e. The normalized spacial score (nSPS) is 10.6. The van der Waals surface area contributed by atoms with Gasteiger partial charge in [-0.25, -0.2) is 4.68 Å². The van der Waals surface area contributed by atoms with E-state index in [1.165, 1.54) is 0 Å². The fourth-order valence-electron chi connectivity index (χ4n) is 1.45. The molecular formula is C10H13N5O. The average molecular weight is 219 g/mol. The second kappa shape index (κ2) is 4.71. The zero-order chi connectivity index (χ0) is 11.4. The Balaban J connectivity index is 2.29. The third kappa shape index (κ3) is 2.17. The Morgan fingerprint density at radius 2 is 2.25 bits per heavy atom. The summed E-state index contributed by atoms with van der Waals surface area (Å²) in [6, 6.07) is 6.85. The quantitative estimate of drug-likeness (QED) is 0.776. The number of aryl methyl sites for hydroxylation is 1. The van der Waals surface area contributed by atoms with Crippen molar-refractivity contribution in [1.82, 2.24) is 20.2 Å². The van der Waals surface area contributed by atoms with Crippen LogP contribution in [0.3, 0.4) is 0 Å². The molecule has 0 radical (unpaired) electrons. The van der Waals surface area contributed by atoms with Crippen molar-refractivity contribution in [2.45, 2.75) is 13.0 Å². The molecule has 0 aliphatic heterocycles. The van der Waals surface area contributed by atoms with Gasteiger partial charge in [0.15, 0.2) is 5.82 Å². The molecule has 0 saturated carbocycles. The summed E-state index contributed by atoms with van der Waals surface area (Å²) in [5, 5.41) is 20.8. The first kappa shape index (κ1) is 10.6. The van der Waals surface area contributed by atoms with E-state index in [0.717, 1.165) is 12.0 Å². The molecule has 1 heterocycles. The molecule has 2 rings (SSSR count). The molecule has 16 heavy (non-hydrogen) atoms. The van der Waals surface area contributed by atoms with Gasteiger partial charge < -0.3 is 10.8 Å². The highest BCUT2D eigenvalue weighted by molar-refractivity contribution is 5.56. The van der Waals surface area contributed by atoms with E-state index < -0.39 is 0 Å². The van der Waals surface area contributed by atoms with E-state index >= 15 is 0 Å². The Morgan fingerprint density at radius 3 is 3.00 bits per heavy atom. The first-order valence-electron chi connectivity index (χ1n) is 5.07. The Bertz CT molecular complexity index is 468. The minimum absolute atomic E-state index is 0.200. The van der Waals surface area contributed by atoms with E-state index in [9.17, 15) is 5.11 Å². The third-order valence-corrected chi connectivity index (χ3v) is 2.21. The van der Waals surface area contributed by atoms with Crippen molar-refractivity contribution in [3.8, 4) is 17.1 Å². The molecule has 1 aromatic heterocycles. The van der Waals surface area contributed by atoms with E-state index in [-0.39, 0.29) is 5.75 Å². The number of hydrogen-bond acceptors (Lipinski definition) is 5. The Morgan fingerprint density at radius 1 is 1.38 bits per heavy atom. The minimum Gasteiger partial charge on any atom is -0.508 e. The number of phenols is 1. The molecule has 1 aromatic carbocycles. The van der Waals surface area contributed by atoms with Crippen LogP contribution in [0, 0.1) is 0 Å². The van der Waals surface area contributed by atoms with Gasteiger partial charge in [-0.1, -0.05) is 12.1 Å². The lowest BCUT2D eigenvalue weighted by atomic mass is 10.2. The van der Waals surface area contributed by atoms with Crippen LogP contribution in [0.25, 0.3) is 11.4 Å². The molecule has 0 amide bonds. The lowest BCUT2D eigenvalue weighted by Crippen LogP contribution is -2.08. The fraction of sp³-hybridized carbons (Fsp3) is 0.300. The van der Waals surface area contributed by atoms with Crippen LogP contribution < -0.4 is 5.73 Å². The highest BCUT2D eigenvalue weighted by Gasteiger charge is 2.08. The SMILES string of the molecule is NCCCn1nnnc1-c1cccc(O)c1. The fourth-order valence-corrected chi connectivity index (χ4v) is 1.45. The van der Waals surface area contributed by atoms with Crippen molar-refractivity contribution in [1.29, 1.82) is 0 Å². The van der Waals surface area contributed by atoms with Gasteiger partial charge in [-0.3, -0.25) is 0 Å². The van der Waals surface area contributed by atoms with Crippen LogP contribution in [0.1, 0.15) is 6.42 Å². The predicted octanol–water partition coefficient (Wildman–Crippen LogP) is 0.394. The molecule has 3 N–H and O–H groups in total. The average Bonchev–Trinajstić information content (AvgIpc) is 2.74. The van der Waals surface area contributed by atoms with Gasteiger partial charge in [0, 0.05) is 12.1 Å². The molecule has 0 fully saturated rings. The van der Waals surface area contributed by atoms with Crippen LogP contribution in [-0.2, 0) is 6.54 Å². The van der Waals surface area contributed by atoms with E-state index in [0.29, 0.717) is 18.9 Å². The van der Waals surface area contributed by atoms with Gasteiger partial charge in [0.25, 0.3) is 0 Å². The van der Waals surface area contributed by atoms with Gasteiger partial charge in [-0.05, 0) is 35.5 Å². The maximum Gasteiger partial charge on any atom is 0.182 e. The maximum atomic E-state index is 9.38. The van der Waals surface area contributed by atoms with E-state index in [4.69, 9.17) is 5.73 Å². The zero-order valence-electron chi connectivity index (χ0n) is 8.74. The summed E-state index contributed by atoms with van der Waals surface area (Å²) in [4.78, 5) is 0. The van der Waals surface area contributed by atoms with Crippen LogP contribution in [0.4, 0.5) is 0 Å². The number of aromatic hydroxyl groups is 1. The van der Waals surface area contributed by atoms with E-state index in [1.54, 1.807) is 22.9 Å². The molecule has 2 aromatic rings. The van der Waals surface area contributed by atoms with E-state index in [2.05, 4.69) is 15.5 Å². The molecule has 0 unspecified atom stereocenters. The van der Waals surface area contributed by atoms with Gasteiger partial charge >= 0.3 is 0 Å². The first-order valence-corrected chi connectivity index (χ1v) is 5.07. The predicted molar refractivity (Wildman–Crippen MR) is 58.6 cm³/mol. The Labute approximate surface area is 92.7 Å². The van der Waals surface area contributed by atoms with Gasteiger partial charge in [-0.15, -0.1) is 5.10 Å². The molecule has 0 spiro atoms. The van der Waals surface area contributed by atoms with Crippen LogP contribution in [0.5, 0.6) is 5.75 Å². The highest BCUT2D eigenvalue weighted by atomic mass is 16.3. The van der Waals surface area contributed by atoms with Crippen molar-refractivity contribution >= 4 is 0 Å². The summed E-state index contributed by atoms with van der Waals surface area (Å²) < 4.78 is 1.68. The number of phenolic OH excluding ortho intramolecular Hbond substituents is 1. The van der Waals surface area contributed by atoms with Crippen LogP contribution in [0.2, 0.25) is 0 Å². The summed E-state index contributed by atoms with van der Waals surface area (Å²) in [5.41, 5.74) is 6.23. The van der Waals surface area contributed by atoms with E-state index in [1.807, 2.05) is 6.07 Å². The molecule has 84 valence electrons. The molecule has 0 saturated heterocycles. The number of benzene rings is 1. The summed E-state index contributed by atoms with van der Waals surface area (Å²) in [6.45, 7) is 1.27. The second-order valence-electron chi connectivity index (χ2n) is 3.42. The molecule has 0 bridgehead atoms. The number of rotatable bonds is 4. The lowest BCUT2D eigenvalue weighted by molar-refractivity contribution is 0.475. The largest absolute Gasteiger partial charge is 0.508 e. The standard InChI is InChI=1S/C10H13N5O/c11-5-2-6-15-10(12-13-14-15)8-3-1-4-9(16)7-8/h1,3-4,7,16H,2,5-6,11H2. The van der Waals surface area contributed by atoms with Crippen molar-refractivity contribution in [2.24, 2.45) is 5.73 Å². The number of aromatic nitrogens is 4. The summed E-state index contributed by atoms with van der Waals surface area (Å²) in [6.07, 6.45) is 0.816. The molecule has 6 nitrogen and oxygen atoms in total. The topological polar surface area (TPSA) is 89.9 Å². The maximum absolute atomic E-state index is 9.38. The second-order valence-corrected chi connectivity index (χ2v) is 3.42. The van der Waals surface area contributed by atoms with Gasteiger partial charge in [0.05, 0.1) is 0 Å². The zero-order valence-corrected chi connectivity index (χ0v) is 8.74. The molecule has 0 aliphatic carbocycles. The summed E-state index contributed by atoms with van der Waals surface area (Å²) >= 11 is 0. The minimum atomic E-state index is 0.200.